The largest absolute Gasteiger partial charge is 0.270 e. The summed E-state index contributed by atoms with van der Waals surface area (Å²) in [5.41, 5.74) is 1.02. The number of nitrogens with one attached hydrogen (secondary N) is 1. The number of hydrogen-bond acceptors (Lipinski definition) is 6. The van der Waals surface area contributed by atoms with Crippen LogP contribution in [-0.4, -0.2) is 47.9 Å². The number of nitro groups is 1. The molecule has 19 heavy (non-hydrogen) atoms. The maximum atomic E-state index is 10.6. The van der Waals surface area contributed by atoms with Gasteiger partial charge in [0.05, 0.1) is 10.6 Å². The van der Waals surface area contributed by atoms with Gasteiger partial charge in [-0.3, -0.25) is 14.8 Å². The second kappa shape index (κ2) is 6.96. The van der Waals surface area contributed by atoms with Crippen LogP contribution in [0.1, 0.15) is 0 Å². The summed E-state index contributed by atoms with van der Waals surface area (Å²) in [6.07, 6.45) is 0. The van der Waals surface area contributed by atoms with Crippen LogP contribution in [0.25, 0.3) is 11.3 Å². The average molecular weight is 308 g/mol. The standard InChI is InChI=1S/C9H7N3O4S2.Na/c13-12(14)7-3-1-2-6(4-7)8-5-17-9(10-8)11-18(15)16;/h1-5,18H,(H,10,11,15,16);. The molecule has 0 aliphatic carbocycles. The summed E-state index contributed by atoms with van der Waals surface area (Å²) >= 11 is 1.11. The number of rotatable bonds is 4. The predicted octanol–water partition coefficient (Wildman–Crippen LogP) is 1.28. The Hall–Kier alpha value is -1.00. The summed E-state index contributed by atoms with van der Waals surface area (Å²) in [5.74, 6) is 0. The van der Waals surface area contributed by atoms with Crippen LogP contribution in [0.15, 0.2) is 29.6 Å². The normalized spacial score (nSPS) is 9.95. The van der Waals surface area contributed by atoms with E-state index in [1.165, 1.54) is 12.1 Å². The molecule has 0 saturated heterocycles. The van der Waals surface area contributed by atoms with Crippen molar-refractivity contribution in [1.82, 2.24) is 4.98 Å². The van der Waals surface area contributed by atoms with Gasteiger partial charge in [-0.15, -0.1) is 11.3 Å². The third-order valence-electron chi connectivity index (χ3n) is 2.04. The van der Waals surface area contributed by atoms with Crippen LogP contribution in [0.5, 0.6) is 0 Å². The zero-order valence-electron chi connectivity index (χ0n) is 9.77. The van der Waals surface area contributed by atoms with Crippen molar-refractivity contribution < 1.29 is 13.3 Å². The van der Waals surface area contributed by atoms with Gasteiger partial charge in [-0.25, -0.2) is 13.4 Å². The van der Waals surface area contributed by atoms with Gasteiger partial charge in [0.2, 0.25) is 10.9 Å². The van der Waals surface area contributed by atoms with Crippen molar-refractivity contribution >= 4 is 62.6 Å². The van der Waals surface area contributed by atoms with Gasteiger partial charge in [0.25, 0.3) is 5.69 Å². The Kier molecular flexibility index (Phi) is 5.88. The molecule has 0 aliphatic heterocycles. The molecule has 1 N–H and O–H groups in total. The summed E-state index contributed by atoms with van der Waals surface area (Å²) in [7, 11) is -2.76. The Bertz CT molecular complexity index is 663. The molecule has 2 aromatic rings. The molecular weight excluding hydrogens is 301 g/mol. The van der Waals surface area contributed by atoms with Crippen LogP contribution < -0.4 is 4.72 Å². The van der Waals surface area contributed by atoms with Crippen molar-refractivity contribution in [2.45, 2.75) is 0 Å². The molecule has 0 amide bonds. The van der Waals surface area contributed by atoms with Crippen molar-refractivity contribution in [2.75, 3.05) is 4.72 Å². The summed E-state index contributed by atoms with van der Waals surface area (Å²) in [6, 6.07) is 5.98. The van der Waals surface area contributed by atoms with E-state index in [1.807, 2.05) is 0 Å². The summed E-state index contributed by atoms with van der Waals surface area (Å²) in [4.78, 5) is 14.2. The minimum atomic E-state index is -2.76. The minimum absolute atomic E-state index is 0. The van der Waals surface area contributed by atoms with Crippen molar-refractivity contribution in [3.63, 3.8) is 0 Å². The van der Waals surface area contributed by atoms with E-state index in [-0.39, 0.29) is 40.4 Å². The van der Waals surface area contributed by atoms with Gasteiger partial charge in [-0.1, -0.05) is 12.1 Å². The van der Waals surface area contributed by atoms with Gasteiger partial charge in [0.15, 0.2) is 5.13 Å². The van der Waals surface area contributed by atoms with Gasteiger partial charge in [0, 0.05) is 52.6 Å². The number of nitro benzene ring substituents is 1. The maximum Gasteiger partial charge on any atom is 0.270 e. The fourth-order valence-electron chi connectivity index (χ4n) is 1.31. The van der Waals surface area contributed by atoms with Crippen LogP contribution in [-0.2, 0) is 10.9 Å². The van der Waals surface area contributed by atoms with Crippen LogP contribution in [0.4, 0.5) is 10.8 Å². The van der Waals surface area contributed by atoms with E-state index in [1.54, 1.807) is 17.5 Å². The number of hydrogen-bond donors (Lipinski definition) is 2. The van der Waals surface area contributed by atoms with E-state index in [4.69, 9.17) is 0 Å². The first-order valence-electron chi connectivity index (χ1n) is 4.67. The van der Waals surface area contributed by atoms with E-state index in [2.05, 4.69) is 9.71 Å². The molecule has 1 aromatic carbocycles. The first-order chi connectivity index (χ1) is 8.56. The molecule has 1 radical (unpaired) electrons. The Morgan fingerprint density at radius 3 is 2.74 bits per heavy atom. The summed E-state index contributed by atoms with van der Waals surface area (Å²) in [5, 5.41) is 12.5. The number of anilines is 1. The third-order valence-corrected chi connectivity index (χ3v) is 3.35. The molecule has 0 aliphatic rings. The van der Waals surface area contributed by atoms with E-state index >= 15 is 0 Å². The molecular formula is C9H7N3NaO4S2. The second-order valence-corrected chi connectivity index (χ2v) is 4.81. The van der Waals surface area contributed by atoms with Crippen LogP contribution in [0.2, 0.25) is 0 Å². The maximum absolute atomic E-state index is 10.6. The monoisotopic (exact) mass is 308 g/mol. The van der Waals surface area contributed by atoms with Crippen LogP contribution >= 0.6 is 11.3 Å². The molecule has 1 aromatic heterocycles. The van der Waals surface area contributed by atoms with Crippen molar-refractivity contribution in [3.8, 4) is 11.3 Å². The number of benzene rings is 1. The fourth-order valence-corrected chi connectivity index (χ4v) is 2.52. The Balaban J connectivity index is 0.00000180. The number of thiol groups is 1. The van der Waals surface area contributed by atoms with E-state index in [9.17, 15) is 18.5 Å². The molecule has 0 spiro atoms. The fraction of sp³-hybridized carbons (Fsp3) is 0. The summed E-state index contributed by atoms with van der Waals surface area (Å²) < 4.78 is 23.1. The van der Waals surface area contributed by atoms with E-state index in [0.717, 1.165) is 11.3 Å². The summed E-state index contributed by atoms with van der Waals surface area (Å²) in [6.45, 7) is 0. The molecule has 2 rings (SSSR count). The Morgan fingerprint density at radius 1 is 1.37 bits per heavy atom. The molecule has 0 bridgehead atoms. The Morgan fingerprint density at radius 2 is 2.11 bits per heavy atom. The third kappa shape index (κ3) is 4.25. The second-order valence-electron chi connectivity index (χ2n) is 3.21. The molecule has 10 heteroatoms. The van der Waals surface area contributed by atoms with Gasteiger partial charge in [-0.05, 0) is 0 Å². The van der Waals surface area contributed by atoms with E-state index < -0.39 is 15.8 Å². The first kappa shape index (κ1) is 16.1. The van der Waals surface area contributed by atoms with Gasteiger partial charge >= 0.3 is 0 Å². The molecule has 0 unspecified atom stereocenters. The first-order valence-corrected chi connectivity index (χ1v) is 6.73. The SMILES string of the molecule is O=[N+]([O-])c1cccc(-c2csc(N[SH](=O)=O)n2)c1.[Na]. The topological polar surface area (TPSA) is 102 Å². The zero-order chi connectivity index (χ0) is 13.1. The molecule has 0 atom stereocenters. The van der Waals surface area contributed by atoms with Gasteiger partial charge < -0.3 is 0 Å². The minimum Gasteiger partial charge on any atom is -0.261 e. The Labute approximate surface area is 136 Å². The number of non-ortho nitro benzene ring substituents is 1. The van der Waals surface area contributed by atoms with Gasteiger partial charge in [0.1, 0.15) is 0 Å². The van der Waals surface area contributed by atoms with Gasteiger partial charge in [-0.2, -0.15) is 0 Å². The van der Waals surface area contributed by atoms with Crippen molar-refractivity contribution in [1.29, 1.82) is 0 Å². The van der Waals surface area contributed by atoms with Crippen LogP contribution in [0, 0.1) is 10.1 Å². The molecule has 95 valence electrons. The van der Waals surface area contributed by atoms with Crippen molar-refractivity contribution in [3.05, 3.63) is 39.8 Å². The quantitative estimate of drug-likeness (QED) is 0.383. The van der Waals surface area contributed by atoms with E-state index in [0.29, 0.717) is 11.3 Å². The molecule has 0 fully saturated rings. The molecule has 7 nitrogen and oxygen atoms in total. The molecule has 0 saturated carbocycles. The van der Waals surface area contributed by atoms with Crippen molar-refractivity contribution in [2.24, 2.45) is 0 Å². The zero-order valence-corrected chi connectivity index (χ0v) is 13.5. The average Bonchev–Trinajstić information content (AvgIpc) is 2.77. The predicted molar refractivity (Wildman–Crippen MR) is 73.9 cm³/mol. The number of thiazole rings is 1. The van der Waals surface area contributed by atoms with Crippen LogP contribution in [0.3, 0.4) is 0 Å². The number of aromatic nitrogens is 1. The smallest absolute Gasteiger partial charge is 0.261 e. The molecule has 1 heterocycles. The number of nitrogens with zero attached hydrogens (tertiary/aromatic N) is 2.